The van der Waals surface area contributed by atoms with Gasteiger partial charge >= 0.3 is 0 Å². The van der Waals surface area contributed by atoms with Crippen LogP contribution in [0.5, 0.6) is 11.5 Å². The molecule has 0 saturated heterocycles. The molecule has 0 fully saturated rings. The van der Waals surface area contributed by atoms with Gasteiger partial charge in [0.15, 0.2) is 0 Å². The molecule has 6 heteroatoms. The number of aryl methyl sites for hydroxylation is 4. The summed E-state index contributed by atoms with van der Waals surface area (Å²) in [6, 6.07) is 101. The topological polar surface area (TPSA) is 53.1 Å². The van der Waals surface area contributed by atoms with Gasteiger partial charge in [0.1, 0.15) is 36.0 Å². The van der Waals surface area contributed by atoms with Crippen molar-refractivity contribution in [2.45, 2.75) is 130 Å². The summed E-state index contributed by atoms with van der Waals surface area (Å²) in [7, 11) is 0. The first-order valence-corrected chi connectivity index (χ1v) is 42.3. The van der Waals surface area contributed by atoms with Crippen molar-refractivity contribution in [3.05, 3.63) is 289 Å². The van der Waals surface area contributed by atoms with Crippen molar-refractivity contribution in [3.63, 3.8) is 0 Å². The predicted octanol–water partition coefficient (Wildman–Crippen LogP) is 29.9. The second kappa shape index (κ2) is 29.0. The van der Waals surface area contributed by atoms with Gasteiger partial charge in [0.25, 0.3) is 0 Å². The zero-order valence-electron chi connectivity index (χ0n) is 65.7. The largest absolute Gasteiger partial charge is 0.489 e. The summed E-state index contributed by atoms with van der Waals surface area (Å²) in [5, 5.41) is 21.9. The second-order valence-electron chi connectivity index (χ2n) is 32.3. The lowest BCUT2D eigenvalue weighted by atomic mass is 9.87. The van der Waals surface area contributed by atoms with Crippen LogP contribution in [0.2, 0.25) is 0 Å². The molecule has 1 aliphatic heterocycles. The van der Waals surface area contributed by atoms with Gasteiger partial charge in [-0.1, -0.05) is 273 Å². The molecule has 20 aromatic rings. The zero-order chi connectivity index (χ0) is 76.1. The molecule has 1 aliphatic rings. The average Bonchev–Trinajstić information content (AvgIpc) is 1.54. The van der Waals surface area contributed by atoms with Gasteiger partial charge in [-0.3, -0.25) is 8.80 Å². The van der Waals surface area contributed by atoms with Crippen molar-refractivity contribution in [2.24, 2.45) is 0 Å². The summed E-state index contributed by atoms with van der Waals surface area (Å²) in [4.78, 5) is 11.6. The Labute approximate surface area is 665 Å². The fourth-order valence-electron chi connectivity index (χ4n) is 20.0. The van der Waals surface area contributed by atoms with Crippen molar-refractivity contribution in [3.8, 4) is 67.1 Å². The third kappa shape index (κ3) is 11.5. The SMILES string of the molecule is CCCCCc1c(CCCCC)c2c(-c3c4ccccc4cc4ccccc34)c3ccc(-c4ccc5c6c(ccc5c4)OCCOc4ccc5cc(-c7ccc8c(-c9c%10ccccc%10cc%10ccccc9%10)c9c(CCCCC)c(CCCCC)c%10cc%11ccccc%11nc%10n9c8c7)ccc5c4-6)cc3n2c2nc3ccccc3cc12. The molecular weight excluding hydrogens is 1390 g/mol. The van der Waals surface area contributed by atoms with E-state index in [9.17, 15) is 0 Å². The molecule has 556 valence electrons. The maximum absolute atomic E-state index is 6.81. The Morgan fingerprint density at radius 1 is 0.254 bits per heavy atom. The number of nitrogens with zero attached hydrogens (tertiary/aromatic N) is 4. The Kier molecular flexibility index (Phi) is 17.7. The van der Waals surface area contributed by atoms with E-state index >= 15 is 0 Å². The van der Waals surface area contributed by atoms with E-state index in [-0.39, 0.29) is 0 Å². The molecule has 0 spiro atoms. The average molecular weight is 1480 g/mol. The standard InChI is InChI=1S/C108H92N4O2/c1-5-9-13-39-85-87(41-15-11-7-3)105-103(99-79-35-23-17-29-71(79)61-72-30-18-24-36-80(72)99)89-53-47-69(65-95(89)111(105)107-91(85)63-77-33-21-27-43-93(77)109-107)67-45-51-83-75(59-67)49-55-97-101(83)102-84-52-46-68(60-76(84)50-56-98(102)114-58-57-113-97)70-48-54-90-96(66-70)112-106(104(90)100-81-37-25-19-31-73(81)62-74-32-20-26-38-82(74)100)88(42-16-12-8-4)86(40-14-10-6-2)92-64-78-34-22-28-44-94(78)110-108(92)112/h17-38,43-56,59-66H,5-16,39-42,57-58H2,1-4H3. The third-order valence-electron chi connectivity index (χ3n) is 25.4. The van der Waals surface area contributed by atoms with E-state index < -0.39 is 0 Å². The quantitative estimate of drug-likeness (QED) is 0.0564. The third-order valence-corrected chi connectivity index (χ3v) is 25.4. The van der Waals surface area contributed by atoms with Crippen LogP contribution in [0, 0.1) is 0 Å². The summed E-state index contributed by atoms with van der Waals surface area (Å²) in [6.45, 7) is 10.2. The van der Waals surface area contributed by atoms with Crippen molar-refractivity contribution in [1.82, 2.24) is 18.8 Å². The van der Waals surface area contributed by atoms with Crippen molar-refractivity contribution in [1.29, 1.82) is 0 Å². The summed E-state index contributed by atoms with van der Waals surface area (Å²) in [5.41, 5.74) is 26.8. The van der Waals surface area contributed by atoms with Crippen LogP contribution < -0.4 is 9.47 Å². The number of para-hydroxylation sites is 2. The van der Waals surface area contributed by atoms with E-state index in [1.54, 1.807) is 0 Å². The fourth-order valence-corrected chi connectivity index (χ4v) is 20.0. The Morgan fingerprint density at radius 3 is 0.947 bits per heavy atom. The van der Waals surface area contributed by atoms with Gasteiger partial charge in [0.2, 0.25) is 0 Å². The van der Waals surface area contributed by atoms with Crippen LogP contribution in [0.4, 0.5) is 0 Å². The Bertz CT molecular complexity index is 6770. The minimum atomic E-state index is 0.436. The molecular formula is C108H92N4O2. The van der Waals surface area contributed by atoms with E-state index in [0.717, 1.165) is 166 Å². The van der Waals surface area contributed by atoms with E-state index in [1.807, 2.05) is 0 Å². The highest BCUT2D eigenvalue weighted by Crippen LogP contribution is 2.53. The number of aromatic nitrogens is 4. The molecule has 6 aromatic heterocycles. The maximum atomic E-state index is 6.81. The molecule has 0 N–H and O–H groups in total. The first kappa shape index (κ1) is 69.6. The van der Waals surface area contributed by atoms with Gasteiger partial charge in [-0.15, -0.1) is 0 Å². The molecule has 0 unspecified atom stereocenters. The number of unbranched alkanes of at least 4 members (excludes halogenated alkanes) is 8. The lowest BCUT2D eigenvalue weighted by Gasteiger charge is -2.23. The molecule has 0 amide bonds. The molecule has 0 radical (unpaired) electrons. The van der Waals surface area contributed by atoms with Crippen LogP contribution in [0.15, 0.2) is 267 Å². The van der Waals surface area contributed by atoms with Crippen LogP contribution in [-0.4, -0.2) is 32.0 Å². The number of pyridine rings is 4. The Morgan fingerprint density at radius 2 is 0.570 bits per heavy atom. The van der Waals surface area contributed by atoms with Crippen LogP contribution in [0.3, 0.4) is 0 Å². The van der Waals surface area contributed by atoms with Gasteiger partial charge in [0.05, 0.1) is 33.1 Å². The van der Waals surface area contributed by atoms with Crippen molar-refractivity contribution in [2.75, 3.05) is 13.2 Å². The highest BCUT2D eigenvalue weighted by Gasteiger charge is 2.31. The number of ether oxygens (including phenoxy) is 2. The van der Waals surface area contributed by atoms with E-state index in [0.29, 0.717) is 13.2 Å². The Hall–Kier alpha value is -12.4. The lowest BCUT2D eigenvalue weighted by molar-refractivity contribution is 0.215. The summed E-state index contributed by atoms with van der Waals surface area (Å²) in [6.07, 6.45) is 17.8. The lowest BCUT2D eigenvalue weighted by Crippen LogP contribution is -2.12. The van der Waals surface area contributed by atoms with Gasteiger partial charge in [-0.2, -0.15) is 0 Å². The number of fused-ring (bicyclic) bond motifs is 23. The van der Waals surface area contributed by atoms with E-state index in [4.69, 9.17) is 19.4 Å². The number of hydrogen-bond acceptors (Lipinski definition) is 4. The fraction of sp³-hybridized carbons (Fsp3) is 0.204. The first-order chi connectivity index (χ1) is 56.4. The predicted molar refractivity (Wildman–Crippen MR) is 485 cm³/mol. The Balaban J connectivity index is 0.752. The second-order valence-corrected chi connectivity index (χ2v) is 32.3. The van der Waals surface area contributed by atoms with Gasteiger partial charge < -0.3 is 9.47 Å². The summed E-state index contributed by atoms with van der Waals surface area (Å²) < 4.78 is 18.8. The molecule has 21 rings (SSSR count). The number of benzene rings is 14. The smallest absolute Gasteiger partial charge is 0.145 e. The minimum absolute atomic E-state index is 0.436. The molecule has 6 nitrogen and oxygen atoms in total. The molecule has 0 saturated carbocycles. The van der Waals surface area contributed by atoms with Crippen molar-refractivity contribution < 1.29 is 9.47 Å². The molecule has 14 aromatic carbocycles. The zero-order valence-corrected chi connectivity index (χ0v) is 65.7. The van der Waals surface area contributed by atoms with Gasteiger partial charge in [0, 0.05) is 65.7 Å². The van der Waals surface area contributed by atoms with E-state index in [2.05, 4.69) is 303 Å². The molecule has 0 aliphatic carbocycles. The van der Waals surface area contributed by atoms with Crippen LogP contribution >= 0.6 is 0 Å². The molecule has 0 atom stereocenters. The highest BCUT2D eigenvalue weighted by molar-refractivity contribution is 6.25. The minimum Gasteiger partial charge on any atom is -0.489 e. The molecule has 7 heterocycles. The number of rotatable bonds is 20. The summed E-state index contributed by atoms with van der Waals surface area (Å²) >= 11 is 0. The van der Waals surface area contributed by atoms with Crippen LogP contribution in [0.25, 0.3) is 197 Å². The first-order valence-electron chi connectivity index (χ1n) is 42.3. The van der Waals surface area contributed by atoms with Crippen LogP contribution in [0.1, 0.15) is 127 Å². The van der Waals surface area contributed by atoms with E-state index in [1.165, 1.54) is 168 Å². The monoisotopic (exact) mass is 1480 g/mol. The normalized spacial score (nSPS) is 12.7. The highest BCUT2D eigenvalue weighted by atomic mass is 16.5. The van der Waals surface area contributed by atoms with Gasteiger partial charge in [-0.05, 0) is 233 Å². The van der Waals surface area contributed by atoms with Crippen molar-refractivity contribution >= 4 is 141 Å². The van der Waals surface area contributed by atoms with Crippen LogP contribution in [-0.2, 0) is 25.7 Å². The molecule has 114 heavy (non-hydrogen) atoms. The van der Waals surface area contributed by atoms with Gasteiger partial charge in [-0.25, -0.2) is 9.97 Å². The number of hydrogen-bond donors (Lipinski definition) is 0. The summed E-state index contributed by atoms with van der Waals surface area (Å²) in [5.74, 6) is 1.72. The molecule has 0 bridgehead atoms. The maximum Gasteiger partial charge on any atom is 0.145 e.